The number of thioether (sulfide) groups is 1. The van der Waals surface area contributed by atoms with E-state index in [-0.39, 0.29) is 6.10 Å². The second-order valence-electron chi connectivity index (χ2n) is 5.20. The molecule has 0 saturated heterocycles. The van der Waals surface area contributed by atoms with E-state index in [4.69, 9.17) is 4.74 Å². The molecule has 0 radical (unpaired) electrons. The quantitative estimate of drug-likeness (QED) is 0.508. The number of hydrogen-bond acceptors (Lipinski definition) is 4. The SMILES string of the molecule is CSCCCCCCNCC(O)COCC(C)C. The zero-order valence-corrected chi connectivity index (χ0v) is 13.1. The van der Waals surface area contributed by atoms with Crippen molar-refractivity contribution in [2.75, 3.05) is 38.3 Å². The van der Waals surface area contributed by atoms with E-state index in [1.165, 1.54) is 31.4 Å². The predicted molar refractivity (Wildman–Crippen MR) is 81.4 cm³/mol. The molecular weight excluding hydrogens is 246 g/mol. The van der Waals surface area contributed by atoms with Gasteiger partial charge in [-0.15, -0.1) is 0 Å². The van der Waals surface area contributed by atoms with Gasteiger partial charge in [0, 0.05) is 13.2 Å². The summed E-state index contributed by atoms with van der Waals surface area (Å²) < 4.78 is 5.39. The third-order valence-corrected chi connectivity index (χ3v) is 3.29. The predicted octanol–water partition coefficient (Wildman–Crippen LogP) is 2.53. The summed E-state index contributed by atoms with van der Waals surface area (Å²) in [6.07, 6.45) is 6.92. The zero-order valence-electron chi connectivity index (χ0n) is 12.3. The molecule has 0 amide bonds. The van der Waals surface area contributed by atoms with Crippen molar-refractivity contribution in [3.8, 4) is 0 Å². The summed E-state index contributed by atoms with van der Waals surface area (Å²) in [4.78, 5) is 0. The highest BCUT2D eigenvalue weighted by Gasteiger charge is 2.04. The van der Waals surface area contributed by atoms with Crippen molar-refractivity contribution in [3.05, 3.63) is 0 Å². The molecule has 3 nitrogen and oxygen atoms in total. The van der Waals surface area contributed by atoms with Crippen molar-refractivity contribution >= 4 is 11.8 Å². The van der Waals surface area contributed by atoms with Gasteiger partial charge in [-0.1, -0.05) is 26.7 Å². The summed E-state index contributed by atoms with van der Waals surface area (Å²) in [7, 11) is 0. The van der Waals surface area contributed by atoms with Gasteiger partial charge in [-0.25, -0.2) is 0 Å². The lowest BCUT2D eigenvalue weighted by Crippen LogP contribution is -2.31. The Labute approximate surface area is 117 Å². The van der Waals surface area contributed by atoms with Gasteiger partial charge in [0.1, 0.15) is 0 Å². The molecule has 0 aliphatic heterocycles. The first kappa shape index (κ1) is 18.2. The van der Waals surface area contributed by atoms with Crippen LogP contribution in [0.15, 0.2) is 0 Å². The molecule has 0 aliphatic rings. The number of ether oxygens (including phenoxy) is 1. The average Bonchev–Trinajstić information content (AvgIpc) is 2.32. The minimum absolute atomic E-state index is 0.375. The molecule has 0 fully saturated rings. The Morgan fingerprint density at radius 3 is 2.50 bits per heavy atom. The third-order valence-electron chi connectivity index (χ3n) is 2.59. The van der Waals surface area contributed by atoms with Crippen LogP contribution in [0.4, 0.5) is 0 Å². The molecule has 0 heterocycles. The summed E-state index contributed by atoms with van der Waals surface area (Å²) in [6, 6.07) is 0. The van der Waals surface area contributed by atoms with Gasteiger partial charge in [-0.05, 0) is 37.3 Å². The molecule has 0 spiro atoms. The lowest BCUT2D eigenvalue weighted by molar-refractivity contribution is 0.0262. The maximum atomic E-state index is 9.64. The van der Waals surface area contributed by atoms with Gasteiger partial charge in [0.2, 0.25) is 0 Å². The van der Waals surface area contributed by atoms with Crippen molar-refractivity contribution in [3.63, 3.8) is 0 Å². The van der Waals surface area contributed by atoms with E-state index in [1.54, 1.807) is 0 Å². The number of unbranched alkanes of at least 4 members (excludes halogenated alkanes) is 3. The molecule has 4 heteroatoms. The lowest BCUT2D eigenvalue weighted by atomic mass is 10.2. The number of hydrogen-bond donors (Lipinski definition) is 2. The van der Waals surface area contributed by atoms with Gasteiger partial charge < -0.3 is 15.2 Å². The Balaban J connectivity index is 3.12. The molecule has 0 aromatic carbocycles. The monoisotopic (exact) mass is 277 g/mol. The van der Waals surface area contributed by atoms with Crippen LogP contribution >= 0.6 is 11.8 Å². The summed E-state index contributed by atoms with van der Waals surface area (Å²) in [5.41, 5.74) is 0. The second kappa shape index (κ2) is 13.7. The van der Waals surface area contributed by atoms with Crippen molar-refractivity contribution in [1.29, 1.82) is 0 Å². The maximum absolute atomic E-state index is 9.64. The van der Waals surface area contributed by atoms with Crippen LogP contribution in [-0.4, -0.2) is 49.5 Å². The summed E-state index contributed by atoms with van der Waals surface area (Å²) in [6.45, 7) is 7.04. The topological polar surface area (TPSA) is 41.5 Å². The van der Waals surface area contributed by atoms with E-state index in [2.05, 4.69) is 25.4 Å². The van der Waals surface area contributed by atoms with E-state index in [0.29, 0.717) is 19.1 Å². The smallest absolute Gasteiger partial charge is 0.0897 e. The molecule has 1 atom stereocenters. The molecule has 2 N–H and O–H groups in total. The molecule has 110 valence electrons. The van der Waals surface area contributed by atoms with Crippen molar-refractivity contribution in [2.45, 2.75) is 45.6 Å². The number of nitrogens with one attached hydrogen (secondary N) is 1. The normalized spacial score (nSPS) is 13.2. The van der Waals surface area contributed by atoms with Gasteiger partial charge in [0.25, 0.3) is 0 Å². The highest BCUT2D eigenvalue weighted by atomic mass is 32.2. The van der Waals surface area contributed by atoms with Crippen LogP contribution in [0.3, 0.4) is 0 Å². The second-order valence-corrected chi connectivity index (χ2v) is 6.18. The van der Waals surface area contributed by atoms with Crippen LogP contribution < -0.4 is 5.32 Å². The highest BCUT2D eigenvalue weighted by Crippen LogP contribution is 2.03. The molecule has 0 aliphatic carbocycles. The molecule has 1 unspecified atom stereocenters. The van der Waals surface area contributed by atoms with E-state index < -0.39 is 0 Å². The Bertz CT molecular complexity index is 168. The van der Waals surface area contributed by atoms with E-state index in [9.17, 15) is 5.11 Å². The van der Waals surface area contributed by atoms with E-state index >= 15 is 0 Å². The lowest BCUT2D eigenvalue weighted by Gasteiger charge is -2.13. The van der Waals surface area contributed by atoms with Crippen molar-refractivity contribution in [2.24, 2.45) is 5.92 Å². The zero-order chi connectivity index (χ0) is 13.6. The van der Waals surface area contributed by atoms with Gasteiger partial charge in [-0.2, -0.15) is 11.8 Å². The fourth-order valence-electron chi connectivity index (χ4n) is 1.62. The first-order valence-corrected chi connectivity index (χ1v) is 8.51. The summed E-state index contributed by atoms with van der Waals surface area (Å²) in [5, 5.41) is 12.9. The highest BCUT2D eigenvalue weighted by molar-refractivity contribution is 7.98. The first-order chi connectivity index (χ1) is 8.66. The van der Waals surface area contributed by atoms with Gasteiger partial charge in [-0.3, -0.25) is 0 Å². The molecule has 18 heavy (non-hydrogen) atoms. The fourth-order valence-corrected chi connectivity index (χ4v) is 2.11. The van der Waals surface area contributed by atoms with Crippen molar-refractivity contribution in [1.82, 2.24) is 5.32 Å². The Hall–Kier alpha value is 0.230. The first-order valence-electron chi connectivity index (χ1n) is 7.12. The maximum Gasteiger partial charge on any atom is 0.0897 e. The molecular formula is C14H31NO2S. The van der Waals surface area contributed by atoms with Crippen LogP contribution in [0.2, 0.25) is 0 Å². The molecule has 0 saturated carbocycles. The van der Waals surface area contributed by atoms with Crippen LogP contribution in [0.5, 0.6) is 0 Å². The van der Waals surface area contributed by atoms with Gasteiger partial charge in [0.05, 0.1) is 12.7 Å². The van der Waals surface area contributed by atoms with Crippen LogP contribution in [0.25, 0.3) is 0 Å². The minimum atomic E-state index is -0.375. The average molecular weight is 277 g/mol. The largest absolute Gasteiger partial charge is 0.389 e. The summed E-state index contributed by atoms with van der Waals surface area (Å²) in [5.74, 6) is 1.81. The van der Waals surface area contributed by atoms with Crippen molar-refractivity contribution < 1.29 is 9.84 Å². The Morgan fingerprint density at radius 2 is 1.83 bits per heavy atom. The molecule has 0 aromatic rings. The third kappa shape index (κ3) is 14.3. The van der Waals surface area contributed by atoms with Crippen LogP contribution in [-0.2, 0) is 4.74 Å². The van der Waals surface area contributed by atoms with E-state index in [0.717, 1.165) is 13.2 Å². The van der Waals surface area contributed by atoms with Crippen LogP contribution in [0.1, 0.15) is 39.5 Å². The number of aliphatic hydroxyl groups excluding tert-OH is 1. The van der Waals surface area contributed by atoms with E-state index in [1.807, 2.05) is 11.8 Å². The van der Waals surface area contributed by atoms with Gasteiger partial charge >= 0.3 is 0 Å². The fraction of sp³-hybridized carbons (Fsp3) is 1.00. The Kier molecular flexibility index (Phi) is 13.8. The number of rotatable bonds is 13. The minimum Gasteiger partial charge on any atom is -0.389 e. The molecule has 0 bridgehead atoms. The molecule has 0 aromatic heterocycles. The standard InChI is InChI=1S/C14H31NO2S/c1-13(2)11-17-12-14(16)10-15-8-6-4-5-7-9-18-3/h13-16H,4-12H2,1-3H3. The van der Waals surface area contributed by atoms with Gasteiger partial charge in [0.15, 0.2) is 0 Å². The Morgan fingerprint density at radius 1 is 1.11 bits per heavy atom. The summed E-state index contributed by atoms with van der Waals surface area (Å²) >= 11 is 1.92. The van der Waals surface area contributed by atoms with Crippen LogP contribution in [0, 0.1) is 5.92 Å². The molecule has 0 rings (SSSR count). The number of aliphatic hydroxyl groups is 1.